The zero-order valence-corrected chi connectivity index (χ0v) is 18.9. The standard InChI is InChI=1S/C19H17BrClN3O2S2/c1-11-2-3-12(20)8-14(11)24-17(25)6-7-22-18(26)9-13-10-27-19(23-13)15-4-5-16(21)28-15/h2-5,8,10H,6-7,9H2,1H3,(H,22,26)(H,24,25). The summed E-state index contributed by atoms with van der Waals surface area (Å²) in [6.45, 7) is 2.20. The predicted octanol–water partition coefficient (Wildman–Crippen LogP) is 5.28. The monoisotopic (exact) mass is 497 g/mol. The van der Waals surface area contributed by atoms with E-state index in [4.69, 9.17) is 11.6 Å². The minimum absolute atomic E-state index is 0.146. The molecule has 0 bridgehead atoms. The minimum atomic E-state index is -0.160. The zero-order valence-electron chi connectivity index (χ0n) is 14.9. The van der Waals surface area contributed by atoms with Crippen molar-refractivity contribution in [3.8, 4) is 9.88 Å². The molecule has 3 rings (SSSR count). The minimum Gasteiger partial charge on any atom is -0.355 e. The van der Waals surface area contributed by atoms with Crippen molar-refractivity contribution in [2.45, 2.75) is 19.8 Å². The summed E-state index contributed by atoms with van der Waals surface area (Å²) in [7, 11) is 0. The fourth-order valence-electron chi connectivity index (χ4n) is 2.41. The lowest BCUT2D eigenvalue weighted by atomic mass is 10.2. The molecule has 0 aliphatic carbocycles. The Morgan fingerprint density at radius 1 is 1.21 bits per heavy atom. The highest BCUT2D eigenvalue weighted by Gasteiger charge is 2.11. The lowest BCUT2D eigenvalue weighted by molar-refractivity contribution is -0.120. The van der Waals surface area contributed by atoms with Gasteiger partial charge in [-0.25, -0.2) is 4.98 Å². The number of benzene rings is 1. The van der Waals surface area contributed by atoms with Crippen molar-refractivity contribution in [3.63, 3.8) is 0 Å². The molecule has 146 valence electrons. The van der Waals surface area contributed by atoms with Crippen molar-refractivity contribution in [3.05, 3.63) is 55.8 Å². The molecule has 1 aromatic carbocycles. The Kier molecular flexibility index (Phi) is 7.23. The predicted molar refractivity (Wildman–Crippen MR) is 119 cm³/mol. The normalized spacial score (nSPS) is 10.7. The summed E-state index contributed by atoms with van der Waals surface area (Å²) in [6, 6.07) is 9.44. The molecule has 5 nitrogen and oxygen atoms in total. The number of thiazole rings is 1. The number of amides is 2. The molecule has 2 heterocycles. The number of aryl methyl sites for hydroxylation is 1. The molecule has 2 amide bonds. The molecule has 0 spiro atoms. The van der Waals surface area contributed by atoms with Crippen molar-refractivity contribution in [2.75, 3.05) is 11.9 Å². The van der Waals surface area contributed by atoms with Gasteiger partial charge in [0.1, 0.15) is 5.01 Å². The molecule has 2 aromatic heterocycles. The van der Waals surface area contributed by atoms with Crippen LogP contribution in [0, 0.1) is 6.92 Å². The Balaban J connectivity index is 1.44. The Hall–Kier alpha value is -1.74. The van der Waals surface area contributed by atoms with Crippen LogP contribution in [0.25, 0.3) is 9.88 Å². The first-order valence-electron chi connectivity index (χ1n) is 8.43. The van der Waals surface area contributed by atoms with Crippen LogP contribution in [0.2, 0.25) is 4.34 Å². The van der Waals surface area contributed by atoms with Crippen LogP contribution in [-0.4, -0.2) is 23.3 Å². The molecule has 0 unspecified atom stereocenters. The fraction of sp³-hybridized carbons (Fsp3) is 0.211. The van der Waals surface area contributed by atoms with E-state index in [1.165, 1.54) is 22.7 Å². The van der Waals surface area contributed by atoms with E-state index in [2.05, 4.69) is 31.5 Å². The molecule has 28 heavy (non-hydrogen) atoms. The first-order chi connectivity index (χ1) is 13.4. The number of halogens is 2. The van der Waals surface area contributed by atoms with E-state index >= 15 is 0 Å². The molecule has 0 saturated heterocycles. The maximum absolute atomic E-state index is 12.1. The van der Waals surface area contributed by atoms with Crippen LogP contribution in [0.5, 0.6) is 0 Å². The lowest BCUT2D eigenvalue weighted by Gasteiger charge is -2.09. The molecule has 0 aliphatic rings. The number of hydrogen-bond donors (Lipinski definition) is 2. The zero-order chi connectivity index (χ0) is 20.1. The highest BCUT2D eigenvalue weighted by Crippen LogP contribution is 2.32. The number of rotatable bonds is 7. The Bertz CT molecular complexity index is 1000. The van der Waals surface area contributed by atoms with Gasteiger partial charge < -0.3 is 10.6 Å². The first-order valence-corrected chi connectivity index (χ1v) is 11.3. The van der Waals surface area contributed by atoms with Gasteiger partial charge in [-0.05, 0) is 36.8 Å². The number of hydrogen-bond acceptors (Lipinski definition) is 5. The lowest BCUT2D eigenvalue weighted by Crippen LogP contribution is -2.29. The Labute approximate surface area is 184 Å². The highest BCUT2D eigenvalue weighted by atomic mass is 79.9. The van der Waals surface area contributed by atoms with Gasteiger partial charge in [-0.3, -0.25) is 9.59 Å². The molecular formula is C19H17BrClN3O2S2. The average molecular weight is 499 g/mol. The number of carbonyl (C=O) groups is 2. The van der Waals surface area contributed by atoms with Gasteiger partial charge in [0.25, 0.3) is 0 Å². The first kappa shape index (κ1) is 21.0. The smallest absolute Gasteiger partial charge is 0.226 e. The van der Waals surface area contributed by atoms with E-state index in [1.807, 2.05) is 42.6 Å². The van der Waals surface area contributed by atoms with Gasteiger partial charge in [0.15, 0.2) is 0 Å². The van der Waals surface area contributed by atoms with Crippen molar-refractivity contribution in [1.82, 2.24) is 10.3 Å². The van der Waals surface area contributed by atoms with Crippen molar-refractivity contribution in [2.24, 2.45) is 0 Å². The summed E-state index contributed by atoms with van der Waals surface area (Å²) >= 11 is 12.3. The summed E-state index contributed by atoms with van der Waals surface area (Å²) in [5.74, 6) is -0.306. The van der Waals surface area contributed by atoms with Crippen LogP contribution in [-0.2, 0) is 16.0 Å². The second-order valence-corrected chi connectivity index (χ2v) is 9.52. The number of anilines is 1. The quantitative estimate of drug-likeness (QED) is 0.465. The van der Waals surface area contributed by atoms with Crippen LogP contribution in [0.1, 0.15) is 17.7 Å². The topological polar surface area (TPSA) is 71.1 Å². The van der Waals surface area contributed by atoms with Gasteiger partial charge >= 0.3 is 0 Å². The number of thiophene rings is 1. The third-order valence-electron chi connectivity index (χ3n) is 3.83. The molecule has 3 aromatic rings. The molecule has 0 aliphatic heterocycles. The summed E-state index contributed by atoms with van der Waals surface area (Å²) in [5.41, 5.74) is 2.44. The second-order valence-electron chi connectivity index (χ2n) is 6.03. The number of nitrogens with one attached hydrogen (secondary N) is 2. The molecule has 0 saturated carbocycles. The summed E-state index contributed by atoms with van der Waals surface area (Å²) in [5, 5.41) is 8.34. The molecule has 0 atom stereocenters. The SMILES string of the molecule is Cc1ccc(Br)cc1NC(=O)CCNC(=O)Cc1csc(-c2ccc(Cl)s2)n1. The van der Waals surface area contributed by atoms with E-state index in [-0.39, 0.29) is 31.2 Å². The molecule has 0 radical (unpaired) electrons. The molecule has 9 heteroatoms. The van der Waals surface area contributed by atoms with Gasteiger partial charge in [-0.1, -0.05) is 33.6 Å². The van der Waals surface area contributed by atoms with E-state index in [1.54, 1.807) is 0 Å². The Morgan fingerprint density at radius 2 is 2.04 bits per heavy atom. The largest absolute Gasteiger partial charge is 0.355 e. The fourth-order valence-corrected chi connectivity index (χ4v) is 4.71. The van der Waals surface area contributed by atoms with E-state index in [9.17, 15) is 9.59 Å². The maximum Gasteiger partial charge on any atom is 0.226 e. The van der Waals surface area contributed by atoms with Crippen molar-refractivity contribution < 1.29 is 9.59 Å². The van der Waals surface area contributed by atoms with E-state index in [0.29, 0.717) is 10.0 Å². The van der Waals surface area contributed by atoms with Gasteiger partial charge in [0.2, 0.25) is 11.8 Å². The van der Waals surface area contributed by atoms with Gasteiger partial charge in [0.05, 0.1) is 21.3 Å². The third kappa shape index (κ3) is 5.88. The van der Waals surface area contributed by atoms with Gasteiger partial charge in [-0.2, -0.15) is 0 Å². The summed E-state index contributed by atoms with van der Waals surface area (Å²) in [6.07, 6.45) is 0.385. The van der Waals surface area contributed by atoms with Crippen molar-refractivity contribution in [1.29, 1.82) is 0 Å². The summed E-state index contributed by atoms with van der Waals surface area (Å²) < 4.78 is 1.61. The summed E-state index contributed by atoms with van der Waals surface area (Å²) in [4.78, 5) is 29.6. The molecular weight excluding hydrogens is 482 g/mol. The van der Waals surface area contributed by atoms with Gasteiger partial charge in [-0.15, -0.1) is 22.7 Å². The van der Waals surface area contributed by atoms with Crippen LogP contribution in [0.15, 0.2) is 40.2 Å². The van der Waals surface area contributed by atoms with E-state index in [0.717, 1.165) is 25.6 Å². The third-order valence-corrected chi connectivity index (χ3v) is 6.61. The maximum atomic E-state index is 12.1. The van der Waals surface area contributed by atoms with Crippen LogP contribution in [0.3, 0.4) is 0 Å². The highest BCUT2D eigenvalue weighted by molar-refractivity contribution is 9.10. The van der Waals surface area contributed by atoms with Crippen molar-refractivity contribution >= 4 is 67.7 Å². The van der Waals surface area contributed by atoms with Crippen LogP contribution >= 0.6 is 50.2 Å². The number of aromatic nitrogens is 1. The van der Waals surface area contributed by atoms with Crippen LogP contribution in [0.4, 0.5) is 5.69 Å². The number of nitrogens with zero attached hydrogens (tertiary/aromatic N) is 1. The van der Waals surface area contributed by atoms with Crippen LogP contribution < -0.4 is 10.6 Å². The molecule has 0 fully saturated rings. The number of carbonyl (C=O) groups excluding carboxylic acids is 2. The van der Waals surface area contributed by atoms with Gasteiger partial charge in [0, 0.05) is 28.5 Å². The Morgan fingerprint density at radius 3 is 2.79 bits per heavy atom. The van der Waals surface area contributed by atoms with E-state index < -0.39 is 0 Å². The molecule has 2 N–H and O–H groups in total. The second kappa shape index (κ2) is 9.65. The average Bonchev–Trinajstić information content (AvgIpc) is 3.27.